The summed E-state index contributed by atoms with van der Waals surface area (Å²) >= 11 is 1.40. The van der Waals surface area contributed by atoms with Gasteiger partial charge in [-0.25, -0.2) is 4.98 Å². The van der Waals surface area contributed by atoms with Crippen LogP contribution >= 0.6 is 11.3 Å². The van der Waals surface area contributed by atoms with Gasteiger partial charge in [-0.15, -0.1) is 11.3 Å². The first-order chi connectivity index (χ1) is 11.8. The number of benzene rings is 2. The molecule has 4 rings (SSSR count). The predicted molar refractivity (Wildman–Crippen MR) is 99.6 cm³/mol. The molecule has 4 heteroatoms. The molecule has 0 atom stereocenters. The lowest BCUT2D eigenvalue weighted by Crippen LogP contribution is -1.91. The molecular formula is C20H13N3S. The number of nitrogen functional groups attached to an aromatic ring is 1. The van der Waals surface area contributed by atoms with Crippen LogP contribution in [-0.2, 0) is 0 Å². The van der Waals surface area contributed by atoms with Crippen LogP contribution in [0.15, 0.2) is 66.7 Å². The van der Waals surface area contributed by atoms with E-state index in [9.17, 15) is 5.26 Å². The van der Waals surface area contributed by atoms with E-state index in [1.807, 2.05) is 48.5 Å². The zero-order chi connectivity index (χ0) is 16.5. The summed E-state index contributed by atoms with van der Waals surface area (Å²) in [6, 6.07) is 24.4. The number of hydrogen-bond donors (Lipinski definition) is 1. The lowest BCUT2D eigenvalue weighted by Gasteiger charge is -2.08. The van der Waals surface area contributed by atoms with Crippen molar-refractivity contribution < 1.29 is 0 Å². The molecule has 2 aromatic heterocycles. The first-order valence-corrected chi connectivity index (χ1v) is 8.33. The van der Waals surface area contributed by atoms with Gasteiger partial charge in [-0.3, -0.25) is 0 Å². The highest BCUT2D eigenvalue weighted by molar-refractivity contribution is 7.20. The van der Waals surface area contributed by atoms with E-state index in [4.69, 9.17) is 10.7 Å². The molecule has 0 bridgehead atoms. The SMILES string of the molecule is N#Cc1sc2c(-c3ccccc3)cc(-c3ccccc3)nc2c1N. The molecule has 0 saturated heterocycles. The molecule has 2 heterocycles. The molecule has 0 spiro atoms. The Kier molecular flexibility index (Phi) is 3.49. The second-order valence-electron chi connectivity index (χ2n) is 5.42. The first-order valence-electron chi connectivity index (χ1n) is 7.52. The number of fused-ring (bicyclic) bond motifs is 1. The lowest BCUT2D eigenvalue weighted by atomic mass is 10.0. The molecule has 0 saturated carbocycles. The molecule has 2 aromatic carbocycles. The third-order valence-corrected chi connectivity index (χ3v) is 5.07. The largest absolute Gasteiger partial charge is 0.395 e. The molecule has 2 N–H and O–H groups in total. The second kappa shape index (κ2) is 5.80. The second-order valence-corrected chi connectivity index (χ2v) is 6.44. The highest BCUT2D eigenvalue weighted by Crippen LogP contribution is 2.40. The van der Waals surface area contributed by atoms with Crippen LogP contribution in [0.4, 0.5) is 5.69 Å². The Hall–Kier alpha value is -3.16. The fourth-order valence-electron chi connectivity index (χ4n) is 2.76. The molecule has 0 amide bonds. The molecule has 4 aromatic rings. The summed E-state index contributed by atoms with van der Waals surface area (Å²) in [5.41, 5.74) is 11.4. The molecular weight excluding hydrogens is 314 g/mol. The number of nitrogens with zero attached hydrogens (tertiary/aromatic N) is 2. The van der Waals surface area contributed by atoms with Crippen LogP contribution < -0.4 is 5.73 Å². The number of nitrogens with two attached hydrogens (primary N) is 1. The quantitative estimate of drug-likeness (QED) is 0.558. The molecule has 0 unspecified atom stereocenters. The maximum absolute atomic E-state index is 9.32. The van der Waals surface area contributed by atoms with Gasteiger partial charge in [0.15, 0.2) is 0 Å². The Labute approximate surface area is 143 Å². The van der Waals surface area contributed by atoms with Gasteiger partial charge in [0.2, 0.25) is 0 Å². The van der Waals surface area contributed by atoms with E-state index in [0.717, 1.165) is 27.1 Å². The number of hydrogen-bond acceptors (Lipinski definition) is 4. The zero-order valence-corrected chi connectivity index (χ0v) is 13.5. The topological polar surface area (TPSA) is 62.7 Å². The average Bonchev–Trinajstić information content (AvgIpc) is 2.98. The molecule has 0 aliphatic heterocycles. The third-order valence-electron chi connectivity index (χ3n) is 3.93. The van der Waals surface area contributed by atoms with Crippen LogP contribution in [-0.4, -0.2) is 4.98 Å². The Morgan fingerprint density at radius 2 is 1.54 bits per heavy atom. The molecule has 3 nitrogen and oxygen atoms in total. The Morgan fingerprint density at radius 1 is 0.917 bits per heavy atom. The van der Waals surface area contributed by atoms with Crippen molar-refractivity contribution in [2.45, 2.75) is 0 Å². The summed E-state index contributed by atoms with van der Waals surface area (Å²) in [6.07, 6.45) is 0. The van der Waals surface area contributed by atoms with Gasteiger partial charge in [-0.1, -0.05) is 60.7 Å². The van der Waals surface area contributed by atoms with Gasteiger partial charge >= 0.3 is 0 Å². The van der Waals surface area contributed by atoms with Gasteiger partial charge < -0.3 is 5.73 Å². The number of nitriles is 1. The molecule has 0 aliphatic rings. The highest BCUT2D eigenvalue weighted by Gasteiger charge is 2.17. The molecule has 24 heavy (non-hydrogen) atoms. The molecule has 0 radical (unpaired) electrons. The van der Waals surface area contributed by atoms with Crippen molar-refractivity contribution in [1.29, 1.82) is 5.26 Å². The number of aromatic nitrogens is 1. The van der Waals surface area contributed by atoms with E-state index >= 15 is 0 Å². The standard InChI is InChI=1S/C20H13N3S/c21-12-17-18(22)19-20(24-17)15(13-7-3-1-4-8-13)11-16(23-19)14-9-5-2-6-10-14/h1-11H,22H2. The van der Waals surface area contributed by atoms with E-state index in [1.54, 1.807) is 0 Å². The van der Waals surface area contributed by atoms with Crippen LogP contribution in [0.25, 0.3) is 32.6 Å². The first kappa shape index (κ1) is 14.4. The lowest BCUT2D eigenvalue weighted by molar-refractivity contribution is 1.41. The van der Waals surface area contributed by atoms with Crippen molar-refractivity contribution in [3.05, 3.63) is 71.6 Å². The minimum absolute atomic E-state index is 0.465. The Morgan fingerprint density at radius 3 is 2.17 bits per heavy atom. The van der Waals surface area contributed by atoms with Gasteiger partial charge in [0, 0.05) is 11.1 Å². The van der Waals surface area contributed by atoms with Crippen molar-refractivity contribution in [2.75, 3.05) is 5.73 Å². The van der Waals surface area contributed by atoms with Crippen LogP contribution in [0, 0.1) is 11.3 Å². The maximum atomic E-state index is 9.32. The van der Waals surface area contributed by atoms with E-state index < -0.39 is 0 Å². The summed E-state index contributed by atoms with van der Waals surface area (Å²) < 4.78 is 0.954. The zero-order valence-electron chi connectivity index (χ0n) is 12.7. The van der Waals surface area contributed by atoms with Crippen LogP contribution in [0.5, 0.6) is 0 Å². The summed E-state index contributed by atoms with van der Waals surface area (Å²) in [7, 11) is 0. The summed E-state index contributed by atoms with van der Waals surface area (Å²) in [5, 5.41) is 9.32. The highest BCUT2D eigenvalue weighted by atomic mass is 32.1. The van der Waals surface area contributed by atoms with Crippen molar-refractivity contribution in [3.8, 4) is 28.5 Å². The van der Waals surface area contributed by atoms with Crippen molar-refractivity contribution >= 4 is 27.2 Å². The van der Waals surface area contributed by atoms with E-state index in [1.165, 1.54) is 11.3 Å². The van der Waals surface area contributed by atoms with Crippen molar-refractivity contribution in [2.24, 2.45) is 0 Å². The van der Waals surface area contributed by atoms with E-state index in [-0.39, 0.29) is 0 Å². The van der Waals surface area contributed by atoms with Crippen molar-refractivity contribution in [3.63, 3.8) is 0 Å². The monoisotopic (exact) mass is 327 g/mol. The van der Waals surface area contributed by atoms with Gasteiger partial charge in [0.05, 0.1) is 16.1 Å². The number of pyridine rings is 1. The van der Waals surface area contributed by atoms with Gasteiger partial charge in [-0.05, 0) is 11.6 Å². The average molecular weight is 327 g/mol. The number of anilines is 1. The fraction of sp³-hybridized carbons (Fsp3) is 0. The van der Waals surface area contributed by atoms with E-state index in [0.29, 0.717) is 16.1 Å². The van der Waals surface area contributed by atoms with Gasteiger partial charge in [0.25, 0.3) is 0 Å². The number of thiophene rings is 1. The molecule has 0 aliphatic carbocycles. The predicted octanol–water partition coefficient (Wildman–Crippen LogP) is 5.08. The summed E-state index contributed by atoms with van der Waals surface area (Å²) in [4.78, 5) is 5.25. The summed E-state index contributed by atoms with van der Waals surface area (Å²) in [6.45, 7) is 0. The minimum atomic E-state index is 0.465. The van der Waals surface area contributed by atoms with E-state index in [2.05, 4.69) is 24.3 Å². The van der Waals surface area contributed by atoms with Gasteiger partial charge in [0.1, 0.15) is 16.5 Å². The molecule has 0 fully saturated rings. The smallest absolute Gasteiger partial charge is 0.130 e. The Balaban J connectivity index is 2.07. The summed E-state index contributed by atoms with van der Waals surface area (Å²) in [5.74, 6) is 0. The Bertz CT molecular complexity index is 1060. The third kappa shape index (κ3) is 2.32. The van der Waals surface area contributed by atoms with Crippen LogP contribution in [0.1, 0.15) is 4.88 Å². The maximum Gasteiger partial charge on any atom is 0.130 e. The normalized spacial score (nSPS) is 10.6. The van der Waals surface area contributed by atoms with Crippen molar-refractivity contribution in [1.82, 2.24) is 4.98 Å². The number of rotatable bonds is 2. The van der Waals surface area contributed by atoms with Crippen LogP contribution in [0.3, 0.4) is 0 Å². The molecule has 114 valence electrons. The van der Waals surface area contributed by atoms with Gasteiger partial charge in [-0.2, -0.15) is 5.26 Å². The fourth-order valence-corrected chi connectivity index (χ4v) is 3.75. The van der Waals surface area contributed by atoms with Crippen LogP contribution in [0.2, 0.25) is 0 Å². The minimum Gasteiger partial charge on any atom is -0.395 e.